The highest BCUT2D eigenvalue weighted by Gasteiger charge is 2.28. The molecule has 3 N–H and O–H groups in total. The van der Waals surface area contributed by atoms with E-state index in [1.54, 1.807) is 36.7 Å². The number of aromatic hydroxyl groups is 1. The number of phenols is 1. The number of Topliss-reactive ketones (excluding diaryl/α,β-unsaturated/α-hetero) is 1. The van der Waals surface area contributed by atoms with Crippen LogP contribution in [0.3, 0.4) is 0 Å². The van der Waals surface area contributed by atoms with Crippen molar-refractivity contribution in [2.24, 2.45) is 0 Å². The summed E-state index contributed by atoms with van der Waals surface area (Å²) in [6, 6.07) is 19.9. The maximum Gasteiger partial charge on any atom is 0.223 e. The normalized spacial score (nSPS) is 12.2. The SMILES string of the molecule is C[C@@H](CC(=N)C(=O)c1[nH]c2cc(Cl)ccc2c1-c1c(-c2cccc(O)c2)ncn1Cc1ccc(Cl)cc1)N(C)C. The Morgan fingerprint density at radius 2 is 1.80 bits per heavy atom. The van der Waals surface area contributed by atoms with Gasteiger partial charge in [-0.1, -0.05) is 53.5 Å². The van der Waals surface area contributed by atoms with Crippen LogP contribution in [0.25, 0.3) is 33.4 Å². The first-order valence-corrected chi connectivity index (χ1v) is 13.6. The van der Waals surface area contributed by atoms with Gasteiger partial charge in [-0.15, -0.1) is 0 Å². The van der Waals surface area contributed by atoms with Crippen LogP contribution in [-0.4, -0.2) is 56.2 Å². The summed E-state index contributed by atoms with van der Waals surface area (Å²) >= 11 is 12.5. The Morgan fingerprint density at radius 3 is 2.50 bits per heavy atom. The van der Waals surface area contributed by atoms with Crippen LogP contribution in [0.2, 0.25) is 10.0 Å². The zero-order valence-electron chi connectivity index (χ0n) is 22.4. The third-order valence-electron chi connectivity index (χ3n) is 7.10. The maximum absolute atomic E-state index is 13.9. The summed E-state index contributed by atoms with van der Waals surface area (Å²) in [5.74, 6) is -0.283. The molecule has 5 aromatic rings. The fourth-order valence-electron chi connectivity index (χ4n) is 4.72. The Kier molecular flexibility index (Phi) is 7.81. The first-order chi connectivity index (χ1) is 19.1. The summed E-state index contributed by atoms with van der Waals surface area (Å²) < 4.78 is 1.97. The molecule has 3 aromatic carbocycles. The fraction of sp³-hybridized carbons (Fsp3) is 0.194. The van der Waals surface area contributed by atoms with Gasteiger partial charge in [-0.05, 0) is 63.0 Å². The highest BCUT2D eigenvalue weighted by Crippen LogP contribution is 2.40. The molecule has 0 fully saturated rings. The number of halogens is 2. The molecular formula is C31H29Cl2N5O2. The van der Waals surface area contributed by atoms with Gasteiger partial charge >= 0.3 is 0 Å². The molecule has 0 unspecified atom stereocenters. The van der Waals surface area contributed by atoms with E-state index in [0.29, 0.717) is 56.7 Å². The summed E-state index contributed by atoms with van der Waals surface area (Å²) in [6.07, 6.45) is 2.02. The lowest BCUT2D eigenvalue weighted by Crippen LogP contribution is -2.30. The molecular weight excluding hydrogens is 545 g/mol. The van der Waals surface area contributed by atoms with Crippen LogP contribution in [0.15, 0.2) is 73.1 Å². The average molecular weight is 575 g/mol. The van der Waals surface area contributed by atoms with Gasteiger partial charge in [0.15, 0.2) is 0 Å². The second-order valence-corrected chi connectivity index (χ2v) is 11.0. The van der Waals surface area contributed by atoms with Crippen LogP contribution in [0, 0.1) is 5.41 Å². The third kappa shape index (κ3) is 5.54. The molecule has 204 valence electrons. The number of H-pyrrole nitrogens is 1. The summed E-state index contributed by atoms with van der Waals surface area (Å²) in [6.45, 7) is 2.44. The number of fused-ring (bicyclic) bond motifs is 1. The Hall–Kier alpha value is -3.91. The van der Waals surface area contributed by atoms with E-state index in [9.17, 15) is 9.90 Å². The van der Waals surface area contributed by atoms with Crippen LogP contribution in [0.1, 0.15) is 29.4 Å². The van der Waals surface area contributed by atoms with E-state index in [4.69, 9.17) is 33.6 Å². The minimum atomic E-state index is -0.392. The number of benzene rings is 3. The number of carbonyl (C=O) groups is 1. The van der Waals surface area contributed by atoms with Gasteiger partial charge in [-0.2, -0.15) is 0 Å². The minimum Gasteiger partial charge on any atom is -0.508 e. The summed E-state index contributed by atoms with van der Waals surface area (Å²) in [7, 11) is 3.85. The minimum absolute atomic E-state index is 0.00257. The predicted molar refractivity (Wildman–Crippen MR) is 162 cm³/mol. The van der Waals surface area contributed by atoms with Crippen molar-refractivity contribution in [1.82, 2.24) is 19.4 Å². The van der Waals surface area contributed by atoms with Crippen molar-refractivity contribution in [3.05, 3.63) is 94.4 Å². The topological polar surface area (TPSA) is 98.0 Å². The summed E-state index contributed by atoms with van der Waals surface area (Å²) in [5.41, 5.74) is 4.59. The number of phenolic OH excluding ortho intramolecular Hbond substituents is 1. The fourth-order valence-corrected chi connectivity index (χ4v) is 5.02. The van der Waals surface area contributed by atoms with Gasteiger partial charge in [-0.25, -0.2) is 4.98 Å². The Bertz CT molecular complexity index is 1720. The number of aromatic amines is 1. The molecule has 1 atom stereocenters. The van der Waals surface area contributed by atoms with E-state index in [1.807, 2.05) is 66.9 Å². The maximum atomic E-state index is 13.9. The van der Waals surface area contributed by atoms with Crippen molar-refractivity contribution in [2.45, 2.75) is 25.9 Å². The third-order valence-corrected chi connectivity index (χ3v) is 7.59. The zero-order valence-corrected chi connectivity index (χ0v) is 23.9. The van der Waals surface area contributed by atoms with E-state index in [0.717, 1.165) is 10.9 Å². The monoisotopic (exact) mass is 573 g/mol. The number of rotatable bonds is 9. The summed E-state index contributed by atoms with van der Waals surface area (Å²) in [5, 5.41) is 20.9. The molecule has 40 heavy (non-hydrogen) atoms. The van der Waals surface area contributed by atoms with Gasteiger partial charge in [0.25, 0.3) is 0 Å². The van der Waals surface area contributed by atoms with Crippen LogP contribution in [0.5, 0.6) is 5.75 Å². The molecule has 0 bridgehead atoms. The molecule has 7 nitrogen and oxygen atoms in total. The molecule has 2 heterocycles. The van der Waals surface area contributed by atoms with Gasteiger partial charge in [-0.3, -0.25) is 4.79 Å². The Morgan fingerprint density at radius 1 is 1.07 bits per heavy atom. The lowest BCUT2D eigenvalue weighted by molar-refractivity contribution is 0.105. The first-order valence-electron chi connectivity index (χ1n) is 12.8. The van der Waals surface area contributed by atoms with Crippen molar-refractivity contribution < 1.29 is 9.90 Å². The highest BCUT2D eigenvalue weighted by molar-refractivity contribution is 6.46. The molecule has 9 heteroatoms. The number of carbonyl (C=O) groups excluding carboxylic acids is 1. The number of ketones is 1. The number of hydrogen-bond acceptors (Lipinski definition) is 5. The van der Waals surface area contributed by atoms with Crippen molar-refractivity contribution in [3.8, 4) is 28.3 Å². The molecule has 0 saturated carbocycles. The molecule has 0 radical (unpaired) electrons. The van der Waals surface area contributed by atoms with Gasteiger partial charge < -0.3 is 25.0 Å². The largest absolute Gasteiger partial charge is 0.508 e. The van der Waals surface area contributed by atoms with Gasteiger partial charge in [0.05, 0.1) is 29.1 Å². The van der Waals surface area contributed by atoms with Crippen molar-refractivity contribution in [2.75, 3.05) is 14.1 Å². The second kappa shape index (κ2) is 11.3. The number of imidazole rings is 1. The van der Waals surface area contributed by atoms with Crippen molar-refractivity contribution >= 4 is 45.6 Å². The molecule has 0 saturated heterocycles. The average Bonchev–Trinajstić information content (AvgIpc) is 3.49. The lowest BCUT2D eigenvalue weighted by Gasteiger charge is -2.19. The van der Waals surface area contributed by atoms with Crippen LogP contribution in [-0.2, 0) is 6.54 Å². The highest BCUT2D eigenvalue weighted by atomic mass is 35.5. The van der Waals surface area contributed by atoms with Crippen LogP contribution >= 0.6 is 23.2 Å². The van der Waals surface area contributed by atoms with E-state index in [-0.39, 0.29) is 17.5 Å². The molecule has 0 aliphatic carbocycles. The number of nitrogens with zero attached hydrogens (tertiary/aromatic N) is 3. The quantitative estimate of drug-likeness (QED) is 0.127. The molecule has 0 aliphatic heterocycles. The van der Waals surface area contributed by atoms with E-state index in [2.05, 4.69) is 4.98 Å². The van der Waals surface area contributed by atoms with E-state index >= 15 is 0 Å². The van der Waals surface area contributed by atoms with E-state index < -0.39 is 5.78 Å². The van der Waals surface area contributed by atoms with Crippen molar-refractivity contribution in [1.29, 1.82) is 5.41 Å². The molecule has 5 rings (SSSR count). The molecule has 2 aromatic heterocycles. The van der Waals surface area contributed by atoms with Gasteiger partial charge in [0, 0.05) is 51.1 Å². The number of nitrogens with one attached hydrogen (secondary N) is 2. The van der Waals surface area contributed by atoms with E-state index in [1.165, 1.54) is 0 Å². The summed E-state index contributed by atoms with van der Waals surface area (Å²) in [4.78, 5) is 23.9. The van der Waals surface area contributed by atoms with Crippen LogP contribution in [0.4, 0.5) is 0 Å². The second-order valence-electron chi connectivity index (χ2n) is 10.1. The smallest absolute Gasteiger partial charge is 0.223 e. The molecule has 0 aliphatic rings. The Balaban J connectivity index is 1.74. The zero-order chi connectivity index (χ0) is 28.6. The molecule has 0 amide bonds. The number of hydrogen-bond donors (Lipinski definition) is 3. The Labute approximate surface area is 242 Å². The first kappa shape index (κ1) is 27.6. The molecule has 0 spiro atoms. The van der Waals surface area contributed by atoms with Gasteiger partial charge in [0.2, 0.25) is 5.78 Å². The predicted octanol–water partition coefficient (Wildman–Crippen LogP) is 7.30. The lowest BCUT2D eigenvalue weighted by atomic mass is 9.97. The van der Waals surface area contributed by atoms with Crippen molar-refractivity contribution in [3.63, 3.8) is 0 Å². The van der Waals surface area contributed by atoms with Crippen LogP contribution < -0.4 is 0 Å². The van der Waals surface area contributed by atoms with Gasteiger partial charge in [0.1, 0.15) is 5.75 Å². The number of aromatic nitrogens is 3. The standard InChI is InChI=1S/C31H29Cl2N5O2/c1-18(37(2)3)13-25(34)31(40)29-27(24-12-11-22(33)15-26(24)36-29)30-28(20-5-4-6-23(39)14-20)35-17-38(30)16-19-7-9-21(32)10-8-19/h4-12,14-15,17-18,34,36,39H,13,16H2,1-3H3/t18-/m0/s1.